The van der Waals surface area contributed by atoms with E-state index in [-0.39, 0.29) is 0 Å². The molecule has 4 rings (SSSR count). The Hall–Kier alpha value is -0.910. The lowest BCUT2D eigenvalue weighted by Gasteiger charge is -2.35. The van der Waals surface area contributed by atoms with Crippen molar-refractivity contribution < 1.29 is 4.74 Å². The topological polar surface area (TPSA) is 33.5 Å². The van der Waals surface area contributed by atoms with Crippen molar-refractivity contribution in [2.45, 2.75) is 44.8 Å². The van der Waals surface area contributed by atoms with Gasteiger partial charge in [-0.05, 0) is 38.8 Å². The standard InChI is InChI=1S/C17H28N4O/c1-2-7-19(6-1)11-15-12-20-8-5-18-17(20)14-21(13-15)16-3-9-22-10-4-16/h5,8,15-16H,1-4,6-7,9-14H2/t15-/m1/s1. The molecular weight excluding hydrogens is 276 g/mol. The number of ether oxygens (including phenoxy) is 1. The van der Waals surface area contributed by atoms with Crippen LogP contribution in [0.25, 0.3) is 0 Å². The molecule has 1 aromatic heterocycles. The minimum absolute atomic E-state index is 0.679. The summed E-state index contributed by atoms with van der Waals surface area (Å²) in [7, 11) is 0. The van der Waals surface area contributed by atoms with Crippen LogP contribution in [0.3, 0.4) is 0 Å². The van der Waals surface area contributed by atoms with Gasteiger partial charge in [0.2, 0.25) is 0 Å². The number of nitrogens with zero attached hydrogens (tertiary/aromatic N) is 4. The molecule has 5 nitrogen and oxygen atoms in total. The highest BCUT2D eigenvalue weighted by Gasteiger charge is 2.29. The summed E-state index contributed by atoms with van der Waals surface area (Å²) >= 11 is 0. The van der Waals surface area contributed by atoms with Gasteiger partial charge in [-0.3, -0.25) is 4.90 Å². The van der Waals surface area contributed by atoms with Crippen LogP contribution in [0.5, 0.6) is 0 Å². The summed E-state index contributed by atoms with van der Waals surface area (Å²) in [4.78, 5) is 9.96. The molecule has 22 heavy (non-hydrogen) atoms. The summed E-state index contributed by atoms with van der Waals surface area (Å²) in [6, 6.07) is 0.679. The molecule has 2 fully saturated rings. The summed E-state index contributed by atoms with van der Waals surface area (Å²) < 4.78 is 7.94. The van der Waals surface area contributed by atoms with Crippen molar-refractivity contribution in [2.24, 2.45) is 5.92 Å². The Kier molecular flexibility index (Phi) is 4.46. The number of likely N-dealkylation sites (tertiary alicyclic amines) is 1. The third-order valence-electron chi connectivity index (χ3n) is 5.52. The van der Waals surface area contributed by atoms with Gasteiger partial charge in [0.25, 0.3) is 0 Å². The first-order chi connectivity index (χ1) is 10.9. The third-order valence-corrected chi connectivity index (χ3v) is 5.52. The maximum atomic E-state index is 5.55. The molecule has 4 heterocycles. The number of hydrogen-bond donors (Lipinski definition) is 0. The minimum Gasteiger partial charge on any atom is -0.381 e. The van der Waals surface area contributed by atoms with Crippen LogP contribution in [0.1, 0.15) is 31.5 Å². The molecule has 1 aromatic rings. The van der Waals surface area contributed by atoms with E-state index in [4.69, 9.17) is 4.74 Å². The van der Waals surface area contributed by atoms with Crippen molar-refractivity contribution in [1.29, 1.82) is 0 Å². The van der Waals surface area contributed by atoms with Crippen LogP contribution in [0, 0.1) is 5.92 Å². The second-order valence-electron chi connectivity index (χ2n) is 7.14. The number of hydrogen-bond acceptors (Lipinski definition) is 4. The predicted molar refractivity (Wildman–Crippen MR) is 85.6 cm³/mol. The maximum Gasteiger partial charge on any atom is 0.122 e. The van der Waals surface area contributed by atoms with Gasteiger partial charge in [-0.1, -0.05) is 0 Å². The SMILES string of the molecule is c1cn2c(n1)CN(C1CCOCC1)C[C@H](CN1CCCC1)C2. The highest BCUT2D eigenvalue weighted by Crippen LogP contribution is 2.23. The molecule has 3 aliphatic rings. The van der Waals surface area contributed by atoms with Gasteiger partial charge in [0.15, 0.2) is 0 Å². The Bertz CT molecular complexity index is 477. The minimum atomic E-state index is 0.679. The quantitative estimate of drug-likeness (QED) is 0.849. The van der Waals surface area contributed by atoms with E-state index < -0.39 is 0 Å². The fraction of sp³-hybridized carbons (Fsp3) is 0.824. The summed E-state index contributed by atoms with van der Waals surface area (Å²) in [6.07, 6.45) is 9.25. The van der Waals surface area contributed by atoms with Crippen molar-refractivity contribution in [1.82, 2.24) is 19.4 Å². The molecule has 0 aliphatic carbocycles. The zero-order valence-electron chi connectivity index (χ0n) is 13.5. The molecule has 0 amide bonds. The first-order valence-corrected chi connectivity index (χ1v) is 8.92. The van der Waals surface area contributed by atoms with E-state index in [9.17, 15) is 0 Å². The summed E-state index contributed by atoms with van der Waals surface area (Å²) in [5, 5.41) is 0. The highest BCUT2D eigenvalue weighted by molar-refractivity contribution is 4.97. The summed E-state index contributed by atoms with van der Waals surface area (Å²) in [5.74, 6) is 1.96. The van der Waals surface area contributed by atoms with Crippen LogP contribution in [0.2, 0.25) is 0 Å². The fourth-order valence-corrected chi connectivity index (χ4v) is 4.35. The van der Waals surface area contributed by atoms with Crippen LogP contribution in [0.15, 0.2) is 12.4 Å². The van der Waals surface area contributed by atoms with Gasteiger partial charge in [0, 0.05) is 57.2 Å². The molecule has 1 atom stereocenters. The van der Waals surface area contributed by atoms with Crippen LogP contribution >= 0.6 is 0 Å². The van der Waals surface area contributed by atoms with Gasteiger partial charge in [0.1, 0.15) is 5.82 Å². The van der Waals surface area contributed by atoms with Crippen molar-refractivity contribution in [3.63, 3.8) is 0 Å². The Balaban J connectivity index is 1.49. The average molecular weight is 304 g/mol. The van der Waals surface area contributed by atoms with Crippen LogP contribution in [-0.2, 0) is 17.8 Å². The zero-order chi connectivity index (χ0) is 14.8. The van der Waals surface area contributed by atoms with Crippen molar-refractivity contribution in [2.75, 3.05) is 39.4 Å². The Morgan fingerprint density at radius 3 is 2.77 bits per heavy atom. The van der Waals surface area contributed by atoms with E-state index in [0.29, 0.717) is 6.04 Å². The second kappa shape index (κ2) is 6.69. The second-order valence-corrected chi connectivity index (χ2v) is 7.14. The lowest BCUT2D eigenvalue weighted by molar-refractivity contribution is 0.0242. The normalized spacial score (nSPS) is 28.6. The van der Waals surface area contributed by atoms with Gasteiger partial charge < -0.3 is 14.2 Å². The fourth-order valence-electron chi connectivity index (χ4n) is 4.35. The van der Waals surface area contributed by atoms with E-state index in [1.54, 1.807) is 0 Å². The van der Waals surface area contributed by atoms with E-state index in [1.165, 1.54) is 57.7 Å². The van der Waals surface area contributed by atoms with Gasteiger partial charge in [-0.2, -0.15) is 0 Å². The largest absolute Gasteiger partial charge is 0.381 e. The molecule has 5 heteroatoms. The number of rotatable bonds is 3. The number of fused-ring (bicyclic) bond motifs is 1. The smallest absolute Gasteiger partial charge is 0.122 e. The Labute approximate surface area is 133 Å². The van der Waals surface area contributed by atoms with Crippen molar-refractivity contribution in [3.8, 4) is 0 Å². The molecule has 0 bridgehead atoms. The van der Waals surface area contributed by atoms with Gasteiger partial charge >= 0.3 is 0 Å². The number of aromatic nitrogens is 2. The zero-order valence-corrected chi connectivity index (χ0v) is 13.5. The monoisotopic (exact) mass is 304 g/mol. The molecule has 2 saturated heterocycles. The van der Waals surface area contributed by atoms with E-state index >= 15 is 0 Å². The van der Waals surface area contributed by atoms with Crippen molar-refractivity contribution in [3.05, 3.63) is 18.2 Å². The molecular formula is C17H28N4O. The third kappa shape index (κ3) is 3.21. The highest BCUT2D eigenvalue weighted by atomic mass is 16.5. The summed E-state index contributed by atoms with van der Waals surface area (Å²) in [6.45, 7) is 9.04. The molecule has 0 saturated carbocycles. The van der Waals surface area contributed by atoms with Gasteiger partial charge in [-0.25, -0.2) is 4.98 Å². The van der Waals surface area contributed by atoms with Crippen molar-refractivity contribution >= 4 is 0 Å². The lowest BCUT2D eigenvalue weighted by atomic mass is 10.0. The molecule has 0 aromatic carbocycles. The first-order valence-electron chi connectivity index (χ1n) is 8.92. The molecule has 0 spiro atoms. The maximum absolute atomic E-state index is 5.55. The molecule has 122 valence electrons. The number of imidazole rings is 1. The van der Waals surface area contributed by atoms with Crippen LogP contribution in [-0.4, -0.2) is 64.8 Å². The first kappa shape index (κ1) is 14.7. The van der Waals surface area contributed by atoms with Crippen LogP contribution < -0.4 is 0 Å². The van der Waals surface area contributed by atoms with E-state index in [0.717, 1.165) is 32.2 Å². The Morgan fingerprint density at radius 1 is 1.14 bits per heavy atom. The Morgan fingerprint density at radius 2 is 1.95 bits per heavy atom. The molecule has 0 radical (unpaired) electrons. The average Bonchev–Trinajstić information content (AvgIpc) is 3.17. The predicted octanol–water partition coefficient (Wildman–Crippen LogP) is 1.59. The van der Waals surface area contributed by atoms with Crippen LogP contribution in [0.4, 0.5) is 0 Å². The van der Waals surface area contributed by atoms with Gasteiger partial charge in [0.05, 0.1) is 6.54 Å². The molecule has 0 N–H and O–H groups in total. The van der Waals surface area contributed by atoms with E-state index in [2.05, 4.69) is 25.5 Å². The molecule has 3 aliphatic heterocycles. The lowest BCUT2D eigenvalue weighted by Crippen LogP contribution is -2.43. The summed E-state index contributed by atoms with van der Waals surface area (Å²) in [5.41, 5.74) is 0. The van der Waals surface area contributed by atoms with E-state index in [1.807, 2.05) is 6.20 Å². The molecule has 0 unspecified atom stereocenters. The van der Waals surface area contributed by atoms with Gasteiger partial charge in [-0.15, -0.1) is 0 Å².